The number of hydrogen-bond acceptors (Lipinski definition) is 4. The number of aliphatic imine (C=N–C) groups is 1. The fraction of sp³-hybridized carbons (Fsp3) is 0.410. The number of hydrogen-bond donors (Lipinski definition) is 2. The van der Waals surface area contributed by atoms with Crippen LogP contribution >= 0.6 is 0 Å². The quantitative estimate of drug-likeness (QED) is 0.191. The summed E-state index contributed by atoms with van der Waals surface area (Å²) in [5, 5.41) is 11.9. The number of nitriles is 1. The van der Waals surface area contributed by atoms with Crippen molar-refractivity contribution in [2.45, 2.75) is 76.9 Å². The number of nitrogens with two attached hydrogens (primary N) is 1. The third-order valence-electron chi connectivity index (χ3n) is 9.70. The highest BCUT2D eigenvalue weighted by molar-refractivity contribution is 6.11. The van der Waals surface area contributed by atoms with Crippen molar-refractivity contribution in [3.05, 3.63) is 112 Å². The number of nitrogens with zero attached hydrogens (tertiary/aromatic N) is 2. The van der Waals surface area contributed by atoms with E-state index in [0.717, 1.165) is 54.9 Å². The zero-order valence-electron chi connectivity index (χ0n) is 27.4. The molecule has 1 saturated carbocycles. The molecular weight excluding hydrogens is 616 g/mol. The molecule has 0 spiro atoms. The van der Waals surface area contributed by atoms with E-state index in [-0.39, 0.29) is 24.2 Å². The SMILES string of the molecule is CCC(C)Cc1cccc(CC2CCN=C(C(F)(F)F)C=C2C(=O)Nc2cc(C(N)(CCC3CC3)c3ccc(C#N)cc3)ccc2F)c1. The maximum Gasteiger partial charge on any atom is 0.432 e. The number of carbonyl (C=O) groups is 1. The molecule has 3 atom stereocenters. The standard InChI is InChI=1S/C39H42F4N4O/c1-3-25(2)19-28-5-4-6-29(20-28)21-30-16-18-46-36(39(41,42)43)23-33(30)37(48)47-35-22-32(13-14-34(35)40)38(45,17-15-26-7-8-26)31-11-9-27(24-44)10-12-31/h4-6,9-14,20,22-23,25-26,30H,3,7-8,15-19,21,45H2,1-2H3,(H,47,48). The summed E-state index contributed by atoms with van der Waals surface area (Å²) in [7, 11) is 0. The second-order valence-corrected chi connectivity index (χ2v) is 13.4. The van der Waals surface area contributed by atoms with Crippen LogP contribution in [0.3, 0.4) is 0 Å². The smallest absolute Gasteiger partial charge is 0.320 e. The molecule has 5 rings (SSSR count). The Labute approximate surface area is 280 Å². The maximum atomic E-state index is 15.4. The molecule has 3 aromatic rings. The third-order valence-corrected chi connectivity index (χ3v) is 9.70. The average molecular weight is 659 g/mol. The zero-order chi connectivity index (χ0) is 34.5. The van der Waals surface area contributed by atoms with Crippen LogP contribution in [0.4, 0.5) is 23.2 Å². The summed E-state index contributed by atoms with van der Waals surface area (Å²) in [4.78, 5) is 17.7. The number of nitrogens with one attached hydrogen (secondary N) is 1. The second kappa shape index (κ2) is 14.9. The fourth-order valence-corrected chi connectivity index (χ4v) is 6.39. The van der Waals surface area contributed by atoms with Crippen molar-refractivity contribution in [1.82, 2.24) is 0 Å². The van der Waals surface area contributed by atoms with Crippen LogP contribution in [0, 0.1) is 34.9 Å². The van der Waals surface area contributed by atoms with Gasteiger partial charge in [-0.3, -0.25) is 9.79 Å². The van der Waals surface area contributed by atoms with Gasteiger partial charge in [-0.15, -0.1) is 0 Å². The Bertz CT molecular complexity index is 1720. The van der Waals surface area contributed by atoms with E-state index >= 15 is 4.39 Å². The minimum Gasteiger partial charge on any atom is -0.320 e. The minimum absolute atomic E-state index is 0.0928. The Morgan fingerprint density at radius 1 is 1.04 bits per heavy atom. The number of amides is 1. The Morgan fingerprint density at radius 2 is 1.75 bits per heavy atom. The van der Waals surface area contributed by atoms with Gasteiger partial charge in [0.1, 0.15) is 11.5 Å². The molecule has 0 saturated heterocycles. The Balaban J connectivity index is 1.46. The van der Waals surface area contributed by atoms with Gasteiger partial charge in [-0.05, 0) is 102 Å². The highest BCUT2D eigenvalue weighted by atomic mass is 19.4. The van der Waals surface area contributed by atoms with Crippen LogP contribution in [-0.2, 0) is 23.2 Å². The number of benzene rings is 3. The van der Waals surface area contributed by atoms with Gasteiger partial charge in [-0.25, -0.2) is 4.39 Å². The first-order valence-electron chi connectivity index (χ1n) is 16.7. The van der Waals surface area contributed by atoms with Gasteiger partial charge in [-0.1, -0.05) is 75.6 Å². The van der Waals surface area contributed by atoms with E-state index in [2.05, 4.69) is 30.2 Å². The number of carbonyl (C=O) groups excluding carboxylic acids is 1. The van der Waals surface area contributed by atoms with E-state index in [9.17, 15) is 23.2 Å². The van der Waals surface area contributed by atoms with Crippen LogP contribution in [0.15, 0.2) is 83.4 Å². The Hall–Kier alpha value is -4.29. The lowest BCUT2D eigenvalue weighted by Crippen LogP contribution is -2.38. The summed E-state index contributed by atoms with van der Waals surface area (Å²) in [5.41, 5.74) is 8.43. The molecule has 252 valence electrons. The van der Waals surface area contributed by atoms with Crippen LogP contribution < -0.4 is 11.1 Å². The van der Waals surface area contributed by atoms with Crippen molar-refractivity contribution in [3.8, 4) is 6.07 Å². The van der Waals surface area contributed by atoms with Crippen LogP contribution in [0.1, 0.15) is 80.2 Å². The van der Waals surface area contributed by atoms with Gasteiger partial charge in [-0.2, -0.15) is 18.4 Å². The van der Waals surface area contributed by atoms with Gasteiger partial charge in [0, 0.05) is 12.1 Å². The average Bonchev–Trinajstić information content (AvgIpc) is 3.92. The highest BCUT2D eigenvalue weighted by Crippen LogP contribution is 2.41. The zero-order valence-corrected chi connectivity index (χ0v) is 27.4. The molecule has 3 aromatic carbocycles. The van der Waals surface area contributed by atoms with Gasteiger partial charge in [0.05, 0.1) is 22.9 Å². The topological polar surface area (TPSA) is 91.3 Å². The van der Waals surface area contributed by atoms with E-state index in [1.54, 1.807) is 30.3 Å². The van der Waals surface area contributed by atoms with Crippen molar-refractivity contribution >= 4 is 17.3 Å². The van der Waals surface area contributed by atoms with Crippen molar-refractivity contribution in [1.29, 1.82) is 5.26 Å². The number of anilines is 1. The summed E-state index contributed by atoms with van der Waals surface area (Å²) in [5.74, 6) is -1.09. The maximum absolute atomic E-state index is 15.4. The number of rotatable bonds is 12. The molecule has 2 aliphatic rings. The molecule has 5 nitrogen and oxygen atoms in total. The van der Waals surface area contributed by atoms with E-state index in [0.29, 0.717) is 35.8 Å². The van der Waals surface area contributed by atoms with Crippen LogP contribution in [-0.4, -0.2) is 24.3 Å². The summed E-state index contributed by atoms with van der Waals surface area (Å²) >= 11 is 0. The summed E-state index contributed by atoms with van der Waals surface area (Å²) in [6, 6.07) is 21.2. The normalized spacial score (nSPS) is 18.5. The number of allylic oxidation sites excluding steroid dienone is 1. The van der Waals surface area contributed by atoms with E-state index in [4.69, 9.17) is 5.73 Å². The summed E-state index contributed by atoms with van der Waals surface area (Å²) < 4.78 is 57.2. The van der Waals surface area contributed by atoms with Gasteiger partial charge < -0.3 is 11.1 Å². The molecule has 9 heteroatoms. The molecule has 0 radical (unpaired) electrons. The number of alkyl halides is 3. The van der Waals surface area contributed by atoms with Crippen molar-refractivity contribution < 1.29 is 22.4 Å². The first-order valence-corrected chi connectivity index (χ1v) is 16.7. The molecular formula is C39H42F4N4O. The second-order valence-electron chi connectivity index (χ2n) is 13.4. The lowest BCUT2D eigenvalue weighted by molar-refractivity contribution is -0.113. The monoisotopic (exact) mass is 658 g/mol. The van der Waals surface area contributed by atoms with Crippen molar-refractivity contribution in [2.75, 3.05) is 11.9 Å². The molecule has 1 amide bonds. The highest BCUT2D eigenvalue weighted by Gasteiger charge is 2.38. The number of halogens is 4. The lowest BCUT2D eigenvalue weighted by atomic mass is 9.79. The minimum atomic E-state index is -4.75. The predicted octanol–water partition coefficient (Wildman–Crippen LogP) is 8.81. The lowest BCUT2D eigenvalue weighted by Gasteiger charge is -2.32. The predicted molar refractivity (Wildman–Crippen MR) is 181 cm³/mol. The van der Waals surface area contributed by atoms with Gasteiger partial charge in [0.2, 0.25) is 0 Å². The summed E-state index contributed by atoms with van der Waals surface area (Å²) in [6.07, 6.45) is 2.17. The van der Waals surface area contributed by atoms with Crippen molar-refractivity contribution in [2.24, 2.45) is 28.5 Å². The molecule has 48 heavy (non-hydrogen) atoms. The van der Waals surface area contributed by atoms with E-state index in [1.165, 1.54) is 12.1 Å². The first kappa shape index (κ1) is 35.0. The molecule has 0 aromatic heterocycles. The van der Waals surface area contributed by atoms with Crippen LogP contribution in [0.5, 0.6) is 0 Å². The molecule has 0 bridgehead atoms. The Kier molecular flexibility index (Phi) is 10.8. The molecule has 3 unspecified atom stereocenters. The summed E-state index contributed by atoms with van der Waals surface area (Å²) in [6.45, 7) is 4.20. The van der Waals surface area contributed by atoms with E-state index < -0.39 is 35.1 Å². The molecule has 3 N–H and O–H groups in total. The first-order chi connectivity index (χ1) is 22.9. The van der Waals surface area contributed by atoms with Gasteiger partial charge in [0.25, 0.3) is 5.91 Å². The molecule has 1 aliphatic carbocycles. The van der Waals surface area contributed by atoms with Crippen LogP contribution in [0.2, 0.25) is 0 Å². The largest absolute Gasteiger partial charge is 0.432 e. The van der Waals surface area contributed by atoms with Crippen molar-refractivity contribution in [3.63, 3.8) is 0 Å². The van der Waals surface area contributed by atoms with Crippen LogP contribution in [0.25, 0.3) is 0 Å². The fourth-order valence-electron chi connectivity index (χ4n) is 6.39. The van der Waals surface area contributed by atoms with Gasteiger partial charge in [0.15, 0.2) is 0 Å². The third kappa shape index (κ3) is 8.59. The molecule has 1 heterocycles. The van der Waals surface area contributed by atoms with E-state index in [1.807, 2.05) is 24.3 Å². The molecule has 1 fully saturated rings. The van der Waals surface area contributed by atoms with Gasteiger partial charge >= 0.3 is 6.18 Å². The Morgan fingerprint density at radius 3 is 2.42 bits per heavy atom. The molecule has 1 aliphatic heterocycles.